The van der Waals surface area contributed by atoms with Gasteiger partial charge in [0.25, 0.3) is 5.91 Å². The van der Waals surface area contributed by atoms with E-state index in [-0.39, 0.29) is 18.6 Å². The monoisotopic (exact) mass is 513 g/mol. The number of carbonyl (C=O) groups excluding carboxylic acids is 2. The number of anilines is 1. The Morgan fingerprint density at radius 1 is 1.00 bits per heavy atom. The van der Waals surface area contributed by atoms with Crippen molar-refractivity contribution in [2.45, 2.75) is 24.9 Å². The zero-order valence-corrected chi connectivity index (χ0v) is 21.0. The van der Waals surface area contributed by atoms with E-state index in [9.17, 15) is 19.5 Å². The van der Waals surface area contributed by atoms with Gasteiger partial charge in [-0.05, 0) is 79.4 Å². The minimum Gasteiger partial charge on any atom is -0.484 e. The molecule has 196 valence electrons. The van der Waals surface area contributed by atoms with Crippen molar-refractivity contribution >= 4 is 24.0 Å². The lowest BCUT2D eigenvalue weighted by Gasteiger charge is -2.50. The van der Waals surface area contributed by atoms with Crippen LogP contribution in [-0.4, -0.2) is 65.5 Å². The van der Waals surface area contributed by atoms with Crippen LogP contribution in [0, 0.1) is 5.92 Å². The average Bonchev–Trinajstić information content (AvgIpc) is 2.96. The summed E-state index contributed by atoms with van der Waals surface area (Å²) in [7, 11) is 0. The number of carboxylic acid groups (broad SMARTS) is 1. The summed E-state index contributed by atoms with van der Waals surface area (Å²) in [4.78, 5) is 40.0. The lowest BCUT2D eigenvalue weighted by molar-refractivity contribution is -0.118. The Morgan fingerprint density at radius 2 is 1.71 bits per heavy atom. The van der Waals surface area contributed by atoms with Crippen molar-refractivity contribution in [3.8, 4) is 5.75 Å². The third kappa shape index (κ3) is 5.70. The van der Waals surface area contributed by atoms with Crippen LogP contribution in [0.25, 0.3) is 0 Å². The van der Waals surface area contributed by atoms with E-state index < -0.39 is 12.1 Å². The van der Waals surface area contributed by atoms with E-state index in [2.05, 4.69) is 10.2 Å². The van der Waals surface area contributed by atoms with Crippen molar-refractivity contribution in [3.05, 3.63) is 95.6 Å². The highest BCUT2D eigenvalue weighted by atomic mass is 16.5. The number of fused-ring (bicyclic) bond motifs is 3. The fourth-order valence-corrected chi connectivity index (χ4v) is 5.61. The molecule has 3 aromatic rings. The summed E-state index contributed by atoms with van der Waals surface area (Å²) in [5.41, 5.74) is 2.77. The van der Waals surface area contributed by atoms with Gasteiger partial charge in [0, 0.05) is 17.8 Å². The summed E-state index contributed by atoms with van der Waals surface area (Å²) < 4.78 is 5.80. The van der Waals surface area contributed by atoms with Gasteiger partial charge >= 0.3 is 6.09 Å². The van der Waals surface area contributed by atoms with E-state index in [1.54, 1.807) is 35.2 Å². The molecular formula is C30H31N3O5. The van der Waals surface area contributed by atoms with Crippen LogP contribution in [0.15, 0.2) is 78.9 Å². The van der Waals surface area contributed by atoms with Crippen LogP contribution in [-0.2, 0) is 4.79 Å². The molecule has 8 nitrogen and oxygen atoms in total. The number of ether oxygens (including phenoxy) is 1. The molecule has 3 saturated heterocycles. The highest BCUT2D eigenvalue weighted by Gasteiger charge is 2.43. The molecule has 3 fully saturated rings. The van der Waals surface area contributed by atoms with Crippen molar-refractivity contribution in [1.82, 2.24) is 9.80 Å². The van der Waals surface area contributed by atoms with E-state index in [4.69, 9.17) is 4.74 Å². The third-order valence-corrected chi connectivity index (χ3v) is 7.47. The molecule has 6 rings (SSSR count). The first-order chi connectivity index (χ1) is 18.5. The molecule has 2 bridgehead atoms. The Kier molecular flexibility index (Phi) is 7.70. The Labute approximate surface area is 221 Å². The van der Waals surface area contributed by atoms with Gasteiger partial charge in [0.15, 0.2) is 6.61 Å². The Bertz CT molecular complexity index is 1270. The van der Waals surface area contributed by atoms with Crippen LogP contribution in [0.3, 0.4) is 0 Å². The normalized spacial score (nSPS) is 20.8. The highest BCUT2D eigenvalue weighted by Crippen LogP contribution is 2.39. The summed E-state index contributed by atoms with van der Waals surface area (Å²) in [6.45, 7) is 2.58. The van der Waals surface area contributed by atoms with Gasteiger partial charge in [0.1, 0.15) is 12.0 Å². The first-order valence-corrected chi connectivity index (χ1v) is 12.9. The van der Waals surface area contributed by atoms with Gasteiger partial charge in [0.05, 0.1) is 12.1 Å². The van der Waals surface area contributed by atoms with Gasteiger partial charge in [-0.3, -0.25) is 14.5 Å². The van der Waals surface area contributed by atoms with Crippen LogP contribution in [0.2, 0.25) is 0 Å². The van der Waals surface area contributed by atoms with Crippen molar-refractivity contribution in [2.75, 3.05) is 31.6 Å². The standard InChI is InChI=1S/C30H31N3O5/c34-19-21-9-11-25(12-10-21)31-28(35)20-38-26-8-4-7-24(17-26)29(23-5-2-1-3-6-23)33(30(36)37)27-18-32-15-13-22(27)14-16-32/h1-12,17,19,22,27,29H,13-16,18,20H2,(H,31,35)(H,36,37)/t27?,29-/m0/s1. The predicted octanol–water partition coefficient (Wildman–Crippen LogP) is 4.68. The molecule has 2 N–H and O–H groups in total. The maximum absolute atomic E-state index is 12.8. The molecule has 2 amide bonds. The molecule has 1 unspecified atom stereocenters. The van der Waals surface area contributed by atoms with E-state index >= 15 is 0 Å². The number of amides is 2. The van der Waals surface area contributed by atoms with Gasteiger partial charge in [-0.15, -0.1) is 0 Å². The Balaban J connectivity index is 1.36. The zero-order chi connectivity index (χ0) is 26.5. The van der Waals surface area contributed by atoms with E-state index in [0.29, 0.717) is 22.9 Å². The van der Waals surface area contributed by atoms with E-state index in [1.165, 1.54) is 0 Å². The number of piperidine rings is 3. The van der Waals surface area contributed by atoms with Gasteiger partial charge in [-0.25, -0.2) is 4.79 Å². The van der Waals surface area contributed by atoms with E-state index in [0.717, 1.165) is 49.9 Å². The molecule has 3 aromatic carbocycles. The van der Waals surface area contributed by atoms with Gasteiger partial charge in [-0.2, -0.15) is 0 Å². The molecular weight excluding hydrogens is 482 g/mol. The van der Waals surface area contributed by atoms with Crippen LogP contribution in [0.5, 0.6) is 5.75 Å². The molecule has 8 heteroatoms. The van der Waals surface area contributed by atoms with Gasteiger partial charge < -0.3 is 20.1 Å². The molecule has 3 heterocycles. The van der Waals surface area contributed by atoms with Crippen molar-refractivity contribution in [1.29, 1.82) is 0 Å². The second kappa shape index (κ2) is 11.5. The number of rotatable bonds is 9. The molecule has 3 aliphatic heterocycles. The second-order valence-corrected chi connectivity index (χ2v) is 9.86. The summed E-state index contributed by atoms with van der Waals surface area (Å²) in [6.07, 6.45) is 1.81. The van der Waals surface area contributed by atoms with Crippen molar-refractivity contribution in [3.63, 3.8) is 0 Å². The third-order valence-electron chi connectivity index (χ3n) is 7.47. The minimum absolute atomic E-state index is 0.0961. The number of hydrogen-bond acceptors (Lipinski definition) is 5. The smallest absolute Gasteiger partial charge is 0.408 e. The largest absolute Gasteiger partial charge is 0.484 e. The molecule has 3 aliphatic rings. The summed E-state index contributed by atoms with van der Waals surface area (Å²) in [5.74, 6) is 0.480. The van der Waals surface area contributed by atoms with Gasteiger partial charge in [0.2, 0.25) is 0 Å². The van der Waals surface area contributed by atoms with Crippen LogP contribution < -0.4 is 10.1 Å². The number of benzene rings is 3. The number of nitrogens with zero attached hydrogens (tertiary/aromatic N) is 2. The molecule has 0 aromatic heterocycles. The quantitative estimate of drug-likeness (QED) is 0.403. The molecule has 0 aliphatic carbocycles. The van der Waals surface area contributed by atoms with Crippen molar-refractivity contribution < 1.29 is 24.2 Å². The zero-order valence-electron chi connectivity index (χ0n) is 21.0. The SMILES string of the molecule is O=Cc1ccc(NC(=O)COc2cccc([C@H](c3ccccc3)N(C(=O)O)C3CN4CCC3CC4)c2)cc1. The summed E-state index contributed by atoms with van der Waals surface area (Å²) in [5, 5.41) is 13.2. The van der Waals surface area contributed by atoms with Crippen molar-refractivity contribution in [2.24, 2.45) is 5.92 Å². The topological polar surface area (TPSA) is 99.2 Å². The molecule has 2 atom stereocenters. The highest BCUT2D eigenvalue weighted by molar-refractivity contribution is 5.92. The average molecular weight is 514 g/mol. The van der Waals surface area contributed by atoms with Gasteiger partial charge in [-0.1, -0.05) is 42.5 Å². The number of nitrogens with one attached hydrogen (secondary N) is 1. The minimum atomic E-state index is -0.941. The molecule has 38 heavy (non-hydrogen) atoms. The van der Waals surface area contributed by atoms with Crippen LogP contribution >= 0.6 is 0 Å². The van der Waals surface area contributed by atoms with Crippen LogP contribution in [0.4, 0.5) is 10.5 Å². The molecule has 0 radical (unpaired) electrons. The lowest BCUT2D eigenvalue weighted by Crippen LogP contribution is -2.59. The predicted molar refractivity (Wildman–Crippen MR) is 143 cm³/mol. The molecule has 0 spiro atoms. The van der Waals surface area contributed by atoms with Crippen LogP contribution in [0.1, 0.15) is 40.4 Å². The first-order valence-electron chi connectivity index (χ1n) is 12.9. The second-order valence-electron chi connectivity index (χ2n) is 9.86. The number of carbonyl (C=O) groups is 3. The fraction of sp³-hybridized carbons (Fsp3) is 0.300. The fourth-order valence-electron chi connectivity index (χ4n) is 5.61. The number of aldehydes is 1. The summed E-state index contributed by atoms with van der Waals surface area (Å²) >= 11 is 0. The Morgan fingerprint density at radius 3 is 2.34 bits per heavy atom. The first kappa shape index (κ1) is 25.5. The molecule has 0 saturated carbocycles. The maximum Gasteiger partial charge on any atom is 0.408 e. The van der Waals surface area contributed by atoms with E-state index in [1.807, 2.05) is 48.5 Å². The maximum atomic E-state index is 12.8. The Hall–Kier alpha value is -4.17. The number of hydrogen-bond donors (Lipinski definition) is 2. The lowest BCUT2D eigenvalue weighted by atomic mass is 9.81. The summed E-state index contributed by atoms with van der Waals surface area (Å²) in [6, 6.07) is 23.0.